The van der Waals surface area contributed by atoms with Crippen molar-refractivity contribution in [3.05, 3.63) is 33.7 Å². The van der Waals surface area contributed by atoms with Crippen molar-refractivity contribution in [3.8, 4) is 0 Å². The molecule has 1 fully saturated rings. The second-order valence-electron chi connectivity index (χ2n) is 6.94. The summed E-state index contributed by atoms with van der Waals surface area (Å²) in [6.45, 7) is 3.63. The molecule has 2 atom stereocenters. The molecule has 24 heavy (non-hydrogen) atoms. The number of quaternary nitrogens is 2. The van der Waals surface area contributed by atoms with Gasteiger partial charge in [-0.1, -0.05) is 6.42 Å². The summed E-state index contributed by atoms with van der Waals surface area (Å²) in [6.07, 6.45) is 6.89. The number of piperidine rings is 1. The quantitative estimate of drug-likeness (QED) is 0.656. The number of benzene rings is 1. The third-order valence-corrected chi connectivity index (χ3v) is 5.30. The largest absolute Gasteiger partial charge is 0.621 e. The lowest BCUT2D eigenvalue weighted by molar-refractivity contribution is -0.851. The molecule has 1 aromatic rings. The van der Waals surface area contributed by atoms with E-state index in [1.54, 1.807) is 0 Å². The van der Waals surface area contributed by atoms with E-state index in [2.05, 4.69) is 15.3 Å². The second-order valence-corrected chi connectivity index (χ2v) is 6.94. The van der Waals surface area contributed by atoms with Crippen LogP contribution in [0.1, 0.15) is 36.8 Å². The van der Waals surface area contributed by atoms with Crippen molar-refractivity contribution < 1.29 is 10.2 Å². The van der Waals surface area contributed by atoms with Gasteiger partial charge in [0.15, 0.2) is 0 Å². The molecule has 0 bridgehead atoms. The van der Waals surface area contributed by atoms with Crippen LogP contribution in [-0.2, 0) is 12.8 Å². The minimum Gasteiger partial charge on any atom is -0.621 e. The average molecular weight is 331 g/mol. The Bertz CT molecular complexity index is 642. The van der Waals surface area contributed by atoms with Gasteiger partial charge in [0.05, 0.1) is 6.54 Å². The van der Waals surface area contributed by atoms with Crippen LogP contribution >= 0.6 is 0 Å². The summed E-state index contributed by atoms with van der Waals surface area (Å²) in [6, 6.07) is 3.81. The van der Waals surface area contributed by atoms with Crippen molar-refractivity contribution in [1.29, 1.82) is 0 Å². The molecule has 0 saturated carbocycles. The molecule has 4 rings (SSSR count). The molecule has 130 valence electrons. The molecule has 1 saturated heterocycles. The molecule has 0 amide bonds. The zero-order valence-corrected chi connectivity index (χ0v) is 13.9. The number of hydrogen-bond donors (Lipinski definition) is 3. The van der Waals surface area contributed by atoms with Crippen LogP contribution < -0.4 is 15.7 Å². The number of guanidine groups is 1. The molecule has 2 aliphatic heterocycles. The zero-order valence-electron chi connectivity index (χ0n) is 13.9. The van der Waals surface area contributed by atoms with E-state index < -0.39 is 0 Å². The van der Waals surface area contributed by atoms with Crippen LogP contribution in [0.4, 0.5) is 11.4 Å². The van der Waals surface area contributed by atoms with Gasteiger partial charge in [0, 0.05) is 18.7 Å². The van der Waals surface area contributed by atoms with Gasteiger partial charge in [0.25, 0.3) is 0 Å². The lowest BCUT2D eigenvalue weighted by Gasteiger charge is -2.35. The van der Waals surface area contributed by atoms with E-state index in [9.17, 15) is 10.4 Å². The minimum atomic E-state index is -0.198. The number of rotatable bonds is 3. The van der Waals surface area contributed by atoms with Gasteiger partial charge in [-0.15, -0.1) is 0 Å². The fourth-order valence-corrected chi connectivity index (χ4v) is 3.96. The monoisotopic (exact) mass is 331 g/mol. The predicted octanol–water partition coefficient (Wildman–Crippen LogP) is -0.436. The molecule has 3 aliphatic rings. The fourth-order valence-electron chi connectivity index (χ4n) is 3.96. The molecule has 7 nitrogen and oxygen atoms in total. The third-order valence-electron chi connectivity index (χ3n) is 5.30. The number of nitrogens with one attached hydrogen (secondary N) is 3. The van der Waals surface area contributed by atoms with E-state index >= 15 is 0 Å². The molecule has 2 heterocycles. The first-order valence-electron chi connectivity index (χ1n) is 9.01. The SMILES string of the molecule is [O-][NH+]1NC(=NCCN2CCCCC2)[NH+]([O-])c2cc3c(cc21)CCC3. The first-order valence-corrected chi connectivity index (χ1v) is 9.01. The molecule has 0 aromatic heterocycles. The lowest BCUT2D eigenvalue weighted by atomic mass is 10.1. The average Bonchev–Trinajstić information content (AvgIpc) is 3.06. The molecule has 1 aromatic carbocycles. The topological polar surface area (TPSA) is 82.6 Å². The van der Waals surface area contributed by atoms with E-state index in [0.29, 0.717) is 17.9 Å². The van der Waals surface area contributed by atoms with Crippen molar-refractivity contribution in [3.63, 3.8) is 0 Å². The number of fused-ring (bicyclic) bond motifs is 2. The van der Waals surface area contributed by atoms with E-state index in [1.165, 1.54) is 30.4 Å². The van der Waals surface area contributed by atoms with Gasteiger partial charge in [0.1, 0.15) is 0 Å². The highest BCUT2D eigenvalue weighted by Gasteiger charge is 2.31. The molecule has 3 N–H and O–H groups in total. The number of likely N-dealkylation sites (tertiary alicyclic amines) is 1. The summed E-state index contributed by atoms with van der Waals surface area (Å²) < 4.78 is 0. The van der Waals surface area contributed by atoms with Gasteiger partial charge >= 0.3 is 5.96 Å². The smallest absolute Gasteiger partial charge is 0.347 e. The Morgan fingerprint density at radius 1 is 1.00 bits per heavy atom. The van der Waals surface area contributed by atoms with Crippen LogP contribution in [0, 0.1) is 10.4 Å². The van der Waals surface area contributed by atoms with Gasteiger partial charge in [-0.05, 0) is 56.3 Å². The Labute approximate surface area is 142 Å². The summed E-state index contributed by atoms with van der Waals surface area (Å²) in [5, 5.41) is 24.7. The first kappa shape index (κ1) is 16.0. The standard InChI is InChI=1S/C17H25N5O2/c23-21-15-11-13-5-4-6-14(13)12-16(15)22(24)19-17(21)18-7-10-20-8-2-1-3-9-20/h11-12,21-22H,1-10H2,(H,18,19). The molecule has 0 radical (unpaired) electrons. The fraction of sp³-hybridized carbons (Fsp3) is 0.588. The summed E-state index contributed by atoms with van der Waals surface area (Å²) in [5.74, 6) is 0.211. The summed E-state index contributed by atoms with van der Waals surface area (Å²) in [7, 11) is 0. The van der Waals surface area contributed by atoms with Crippen molar-refractivity contribution in [2.45, 2.75) is 38.5 Å². The summed E-state index contributed by atoms with van der Waals surface area (Å²) in [5.41, 5.74) is 6.15. The summed E-state index contributed by atoms with van der Waals surface area (Å²) in [4.78, 5) is 6.77. The van der Waals surface area contributed by atoms with Crippen molar-refractivity contribution >= 4 is 17.3 Å². The van der Waals surface area contributed by atoms with Crippen LogP contribution in [-0.4, -0.2) is 37.0 Å². The van der Waals surface area contributed by atoms with Crippen LogP contribution in [0.5, 0.6) is 0 Å². The van der Waals surface area contributed by atoms with Crippen LogP contribution in [0.15, 0.2) is 17.1 Å². The number of hydrogen-bond acceptors (Lipinski definition) is 4. The van der Waals surface area contributed by atoms with Gasteiger partial charge in [-0.25, -0.2) is 10.2 Å². The highest BCUT2D eigenvalue weighted by atomic mass is 16.6. The Morgan fingerprint density at radius 2 is 1.71 bits per heavy atom. The van der Waals surface area contributed by atoms with Crippen molar-refractivity contribution in [2.75, 3.05) is 26.2 Å². The van der Waals surface area contributed by atoms with Crippen LogP contribution in [0.3, 0.4) is 0 Å². The van der Waals surface area contributed by atoms with Gasteiger partial charge in [0.2, 0.25) is 11.4 Å². The Kier molecular flexibility index (Phi) is 4.51. The second kappa shape index (κ2) is 6.78. The molecule has 0 spiro atoms. The minimum absolute atomic E-state index is 0.141. The first-order chi connectivity index (χ1) is 11.7. The third kappa shape index (κ3) is 3.05. The maximum absolute atomic E-state index is 12.7. The highest BCUT2D eigenvalue weighted by molar-refractivity contribution is 5.76. The maximum Gasteiger partial charge on any atom is 0.347 e. The normalized spacial score (nSPS) is 28.5. The van der Waals surface area contributed by atoms with E-state index in [4.69, 9.17) is 0 Å². The van der Waals surface area contributed by atoms with Crippen molar-refractivity contribution in [1.82, 2.24) is 10.3 Å². The maximum atomic E-state index is 12.7. The van der Waals surface area contributed by atoms with E-state index in [-0.39, 0.29) is 16.2 Å². The number of nitrogens with zero attached hydrogens (tertiary/aromatic N) is 2. The Balaban J connectivity index is 1.49. The van der Waals surface area contributed by atoms with Crippen LogP contribution in [0.2, 0.25) is 0 Å². The van der Waals surface area contributed by atoms with Gasteiger partial charge < -0.3 is 15.3 Å². The summed E-state index contributed by atoms with van der Waals surface area (Å²) >= 11 is 0. The Hall–Kier alpha value is -1.51. The Morgan fingerprint density at radius 3 is 2.46 bits per heavy atom. The molecular weight excluding hydrogens is 306 g/mol. The van der Waals surface area contributed by atoms with Gasteiger partial charge in [-0.2, -0.15) is 5.43 Å². The molecule has 2 unspecified atom stereocenters. The molecule has 1 aliphatic carbocycles. The van der Waals surface area contributed by atoms with Crippen molar-refractivity contribution in [2.24, 2.45) is 4.99 Å². The van der Waals surface area contributed by atoms with Gasteiger partial charge in [-0.3, -0.25) is 5.06 Å². The number of aliphatic imine (C=N–C) groups is 1. The number of hydroxylamine groups is 1. The molecular formula is C17H25N5O2. The number of aryl methyl sites for hydroxylation is 2. The highest BCUT2D eigenvalue weighted by Crippen LogP contribution is 2.28. The lowest BCUT2D eigenvalue weighted by Crippen LogP contribution is -3.24. The van der Waals surface area contributed by atoms with Crippen LogP contribution in [0.25, 0.3) is 0 Å². The van der Waals surface area contributed by atoms with E-state index in [1.807, 2.05) is 12.1 Å². The predicted molar refractivity (Wildman–Crippen MR) is 92.2 cm³/mol. The zero-order chi connectivity index (χ0) is 16.5. The molecule has 7 heteroatoms. The van der Waals surface area contributed by atoms with E-state index in [0.717, 1.165) is 38.9 Å².